The maximum Gasteiger partial charge on any atom is 0.146 e. The van der Waals surface area contributed by atoms with E-state index >= 15 is 0 Å². The predicted octanol–water partition coefficient (Wildman–Crippen LogP) is 7.21. The van der Waals surface area contributed by atoms with E-state index in [1.807, 2.05) is 0 Å². The number of thioether (sulfide) groups is 1. The van der Waals surface area contributed by atoms with Crippen LogP contribution in [0.15, 0.2) is 21.7 Å². The van der Waals surface area contributed by atoms with Crippen LogP contribution in [0.5, 0.6) is 0 Å². The van der Waals surface area contributed by atoms with Gasteiger partial charge in [0.25, 0.3) is 0 Å². The fourth-order valence-electron chi connectivity index (χ4n) is 8.74. The number of thiophene rings is 1. The first kappa shape index (κ1) is 22.5. The number of Topliss-reactive ketones (excluding diaryl/α,β-unsaturated/α-hetero) is 1. The Labute approximate surface area is 197 Å². The molecule has 0 radical (unpaired) electrons. The van der Waals surface area contributed by atoms with E-state index in [1.54, 1.807) is 23.1 Å². The number of rotatable bonds is 4. The Balaban J connectivity index is 1.33. The highest BCUT2D eigenvalue weighted by atomic mass is 32.2. The largest absolute Gasteiger partial charge is 0.390 e. The zero-order valence-electron chi connectivity index (χ0n) is 19.6. The summed E-state index contributed by atoms with van der Waals surface area (Å²) in [6, 6.07) is 4.22. The van der Waals surface area contributed by atoms with Gasteiger partial charge in [-0.2, -0.15) is 0 Å². The fourth-order valence-corrected chi connectivity index (χ4v) is 10.5. The fraction of sp³-hybridized carbons (Fsp3) is 0.815. The number of ketones is 1. The Hall–Kier alpha value is -0.320. The second-order valence-corrected chi connectivity index (χ2v) is 14.3. The second kappa shape index (κ2) is 8.17. The first-order chi connectivity index (χ1) is 14.7. The maximum atomic E-state index is 13.4. The molecule has 1 heterocycles. The molecule has 4 aliphatic carbocycles. The van der Waals surface area contributed by atoms with Crippen molar-refractivity contribution >= 4 is 28.9 Å². The molecule has 31 heavy (non-hydrogen) atoms. The molecule has 8 atom stereocenters. The summed E-state index contributed by atoms with van der Waals surface area (Å²) in [5, 5.41) is 12.8. The van der Waals surface area contributed by atoms with Gasteiger partial charge in [-0.05, 0) is 111 Å². The minimum atomic E-state index is -0.456. The molecule has 4 aliphatic rings. The van der Waals surface area contributed by atoms with Gasteiger partial charge < -0.3 is 5.11 Å². The Morgan fingerprint density at radius 1 is 1.06 bits per heavy atom. The van der Waals surface area contributed by atoms with Gasteiger partial charge in [-0.25, -0.2) is 0 Å². The van der Waals surface area contributed by atoms with Crippen LogP contribution in [-0.2, 0) is 4.79 Å². The van der Waals surface area contributed by atoms with Gasteiger partial charge in [0.2, 0.25) is 0 Å². The smallest absolute Gasteiger partial charge is 0.146 e. The van der Waals surface area contributed by atoms with Crippen molar-refractivity contribution in [3.8, 4) is 0 Å². The topological polar surface area (TPSA) is 37.3 Å². The molecule has 0 aromatic carbocycles. The van der Waals surface area contributed by atoms with E-state index in [9.17, 15) is 9.90 Å². The Morgan fingerprint density at radius 3 is 2.65 bits per heavy atom. The molecule has 0 aliphatic heterocycles. The molecule has 0 amide bonds. The van der Waals surface area contributed by atoms with Crippen molar-refractivity contribution in [2.45, 2.75) is 94.8 Å². The average molecular weight is 461 g/mol. The SMILES string of the molecule is C[C@@]1(O)CC[C@@]2(C)[C@@H](CC[C@@H]3[C@@H]2CC[C@]2(C)[C@@H](C(=O)CSc4cccs4)CCC[C@@H]32)C1. The summed E-state index contributed by atoms with van der Waals surface area (Å²) in [4.78, 5) is 13.4. The lowest BCUT2D eigenvalue weighted by molar-refractivity contribution is -0.168. The summed E-state index contributed by atoms with van der Waals surface area (Å²) in [6.45, 7) is 7.11. The van der Waals surface area contributed by atoms with Crippen molar-refractivity contribution in [3.63, 3.8) is 0 Å². The number of hydrogen-bond donors (Lipinski definition) is 1. The van der Waals surface area contributed by atoms with Crippen LogP contribution >= 0.6 is 23.1 Å². The van der Waals surface area contributed by atoms with Crippen molar-refractivity contribution in [3.05, 3.63) is 17.5 Å². The van der Waals surface area contributed by atoms with E-state index in [-0.39, 0.29) is 11.3 Å². The quantitative estimate of drug-likeness (QED) is 0.482. The van der Waals surface area contributed by atoms with E-state index in [4.69, 9.17) is 0 Å². The first-order valence-electron chi connectivity index (χ1n) is 12.6. The lowest BCUT2D eigenvalue weighted by atomic mass is 9.41. The Bertz CT molecular complexity index is 802. The van der Waals surface area contributed by atoms with Gasteiger partial charge in [0, 0.05) is 5.92 Å². The van der Waals surface area contributed by atoms with E-state index in [1.165, 1.54) is 49.2 Å². The summed E-state index contributed by atoms with van der Waals surface area (Å²) in [5.74, 6) is 4.43. The molecule has 5 rings (SSSR count). The van der Waals surface area contributed by atoms with Crippen molar-refractivity contribution in [2.24, 2.45) is 40.4 Å². The molecule has 172 valence electrons. The molecule has 4 heteroatoms. The van der Waals surface area contributed by atoms with Crippen LogP contribution < -0.4 is 0 Å². The molecule has 0 spiro atoms. The van der Waals surface area contributed by atoms with Crippen LogP contribution in [0.2, 0.25) is 0 Å². The molecule has 4 fully saturated rings. The molecule has 0 bridgehead atoms. The maximum absolute atomic E-state index is 13.4. The van der Waals surface area contributed by atoms with Gasteiger partial charge in [-0.1, -0.05) is 26.3 Å². The van der Waals surface area contributed by atoms with E-state index in [0.29, 0.717) is 22.9 Å². The molecule has 1 aromatic rings. The lowest BCUT2D eigenvalue weighted by Crippen LogP contribution is -2.58. The summed E-state index contributed by atoms with van der Waals surface area (Å²) < 4.78 is 1.27. The average Bonchev–Trinajstić information content (AvgIpc) is 3.25. The third-order valence-corrected chi connectivity index (χ3v) is 12.6. The zero-order valence-corrected chi connectivity index (χ0v) is 21.2. The Kier molecular flexibility index (Phi) is 5.92. The third kappa shape index (κ3) is 3.87. The summed E-state index contributed by atoms with van der Waals surface area (Å²) in [6.07, 6.45) is 12.0. The number of aliphatic hydroxyl groups is 1. The molecule has 0 saturated heterocycles. The van der Waals surface area contributed by atoms with Gasteiger partial charge in [-0.3, -0.25) is 4.79 Å². The number of hydrogen-bond acceptors (Lipinski definition) is 4. The van der Waals surface area contributed by atoms with Gasteiger partial charge in [0.15, 0.2) is 0 Å². The van der Waals surface area contributed by atoms with E-state index in [0.717, 1.165) is 37.0 Å². The monoisotopic (exact) mass is 460 g/mol. The standard InChI is InChI=1S/C27H40O2S2/c1-25(29)13-14-26(2)18(16-25)9-10-19-20-6-4-7-22(27(20,3)12-11-21(19)26)23(28)17-31-24-8-5-15-30-24/h5,8,15,18-22,29H,4,6-7,9-14,16-17H2,1-3H3/t18-,19-,20-,21-,22+,25+,26-,27-/m0/s1. The van der Waals surface area contributed by atoms with Crippen LogP contribution in [0, 0.1) is 40.4 Å². The van der Waals surface area contributed by atoms with E-state index < -0.39 is 5.60 Å². The van der Waals surface area contributed by atoms with Crippen LogP contribution in [0.3, 0.4) is 0 Å². The Morgan fingerprint density at radius 2 is 1.87 bits per heavy atom. The van der Waals surface area contributed by atoms with Gasteiger partial charge in [-0.15, -0.1) is 23.1 Å². The molecular formula is C27H40O2S2. The van der Waals surface area contributed by atoms with Crippen LogP contribution in [0.25, 0.3) is 0 Å². The van der Waals surface area contributed by atoms with E-state index in [2.05, 4.69) is 38.3 Å². The normalized spacial score (nSPS) is 47.2. The van der Waals surface area contributed by atoms with Crippen molar-refractivity contribution in [2.75, 3.05) is 5.75 Å². The summed E-state index contributed by atoms with van der Waals surface area (Å²) in [7, 11) is 0. The highest BCUT2D eigenvalue weighted by molar-refractivity contribution is 8.01. The molecule has 1 aromatic heterocycles. The van der Waals surface area contributed by atoms with Crippen molar-refractivity contribution in [1.29, 1.82) is 0 Å². The first-order valence-corrected chi connectivity index (χ1v) is 14.5. The molecule has 4 saturated carbocycles. The molecule has 0 unspecified atom stereocenters. The number of fused-ring (bicyclic) bond motifs is 5. The van der Waals surface area contributed by atoms with Crippen LogP contribution in [0.4, 0.5) is 0 Å². The molecule has 1 N–H and O–H groups in total. The van der Waals surface area contributed by atoms with Gasteiger partial charge >= 0.3 is 0 Å². The van der Waals surface area contributed by atoms with Gasteiger partial charge in [0.1, 0.15) is 5.78 Å². The van der Waals surface area contributed by atoms with Crippen molar-refractivity contribution < 1.29 is 9.90 Å². The number of carbonyl (C=O) groups is 1. The van der Waals surface area contributed by atoms with Crippen LogP contribution in [-0.4, -0.2) is 22.2 Å². The molecular weight excluding hydrogens is 420 g/mol. The number of carbonyl (C=O) groups excluding carboxylic acids is 1. The zero-order chi connectivity index (χ0) is 21.9. The third-order valence-electron chi connectivity index (χ3n) is 10.4. The summed E-state index contributed by atoms with van der Waals surface area (Å²) >= 11 is 3.50. The van der Waals surface area contributed by atoms with Crippen LogP contribution in [0.1, 0.15) is 85.0 Å². The molecule has 2 nitrogen and oxygen atoms in total. The lowest BCUT2D eigenvalue weighted by Gasteiger charge is -2.64. The minimum absolute atomic E-state index is 0.204. The second-order valence-electron chi connectivity index (χ2n) is 12.1. The summed E-state index contributed by atoms with van der Waals surface area (Å²) in [5.41, 5.74) is 0.150. The predicted molar refractivity (Wildman–Crippen MR) is 131 cm³/mol. The highest BCUT2D eigenvalue weighted by Crippen LogP contribution is 2.67. The minimum Gasteiger partial charge on any atom is -0.390 e. The highest BCUT2D eigenvalue weighted by Gasteiger charge is 2.60. The van der Waals surface area contributed by atoms with Gasteiger partial charge in [0.05, 0.1) is 15.6 Å². The van der Waals surface area contributed by atoms with Crippen molar-refractivity contribution in [1.82, 2.24) is 0 Å².